The summed E-state index contributed by atoms with van der Waals surface area (Å²) in [4.78, 5) is 8.94. The van der Waals surface area contributed by atoms with Crippen molar-refractivity contribution in [1.29, 1.82) is 0 Å². The fraction of sp³-hybridized carbons (Fsp3) is 0.286. The second-order valence-electron chi connectivity index (χ2n) is 4.58. The predicted molar refractivity (Wildman–Crippen MR) is 69.7 cm³/mol. The highest BCUT2D eigenvalue weighted by molar-refractivity contribution is 5.46. The lowest BCUT2D eigenvalue weighted by Gasteiger charge is -2.11. The molecule has 0 aliphatic carbocycles. The number of hydrogen-bond acceptors (Lipinski definition) is 4. The Balaban J connectivity index is 2.08. The third-order valence-electron chi connectivity index (χ3n) is 3.46. The molecule has 4 nitrogen and oxygen atoms in total. The number of para-hydroxylation sites is 1. The second-order valence-corrected chi connectivity index (χ2v) is 4.58. The first-order valence-electron chi connectivity index (χ1n) is 5.99. The van der Waals surface area contributed by atoms with Gasteiger partial charge in [0.1, 0.15) is 24.0 Å². The van der Waals surface area contributed by atoms with Gasteiger partial charge in [-0.05, 0) is 19.9 Å². The van der Waals surface area contributed by atoms with Gasteiger partial charge in [0.15, 0.2) is 0 Å². The molecule has 0 amide bonds. The van der Waals surface area contributed by atoms with Crippen LogP contribution in [0.5, 0.6) is 5.75 Å². The number of anilines is 1. The zero-order valence-corrected chi connectivity index (χ0v) is 10.5. The Morgan fingerprint density at radius 3 is 2.78 bits per heavy atom. The Morgan fingerprint density at radius 2 is 2.00 bits per heavy atom. The van der Waals surface area contributed by atoms with Crippen LogP contribution in [0.3, 0.4) is 0 Å². The summed E-state index contributed by atoms with van der Waals surface area (Å²) in [5.74, 6) is 2.31. The smallest absolute Gasteiger partial charge is 0.142 e. The molecule has 0 fully saturated rings. The fourth-order valence-electron chi connectivity index (χ4n) is 2.21. The number of nitrogens with zero attached hydrogens (tertiary/aromatic N) is 2. The summed E-state index contributed by atoms with van der Waals surface area (Å²) in [6.07, 6.45) is 0. The molecule has 2 heterocycles. The lowest BCUT2D eigenvalue weighted by Crippen LogP contribution is -2.11. The lowest BCUT2D eigenvalue weighted by atomic mass is 10.0. The Hall–Kier alpha value is -2.10. The van der Waals surface area contributed by atoms with Gasteiger partial charge in [-0.25, -0.2) is 9.97 Å². The number of rotatable bonds is 1. The van der Waals surface area contributed by atoms with Crippen LogP contribution >= 0.6 is 0 Å². The maximum atomic E-state index is 5.92. The molecule has 2 aromatic rings. The van der Waals surface area contributed by atoms with E-state index in [0.29, 0.717) is 12.4 Å². The van der Waals surface area contributed by atoms with E-state index < -0.39 is 0 Å². The van der Waals surface area contributed by atoms with Crippen molar-refractivity contribution >= 4 is 5.82 Å². The molecule has 18 heavy (non-hydrogen) atoms. The zero-order valence-electron chi connectivity index (χ0n) is 10.5. The van der Waals surface area contributed by atoms with E-state index in [9.17, 15) is 0 Å². The molecule has 0 saturated carbocycles. The summed E-state index contributed by atoms with van der Waals surface area (Å²) in [6, 6.07) is 8.00. The van der Waals surface area contributed by atoms with Crippen molar-refractivity contribution in [1.82, 2.24) is 9.97 Å². The molecule has 3 rings (SSSR count). The van der Waals surface area contributed by atoms with Crippen molar-refractivity contribution < 1.29 is 4.74 Å². The molecule has 1 aliphatic heterocycles. The number of aryl methyl sites for hydroxylation is 1. The average molecular weight is 241 g/mol. The Kier molecular flexibility index (Phi) is 2.44. The van der Waals surface area contributed by atoms with Crippen LogP contribution in [0.1, 0.15) is 28.6 Å². The minimum Gasteiger partial charge on any atom is -0.492 e. The van der Waals surface area contributed by atoms with E-state index in [1.165, 1.54) is 0 Å². The molecule has 1 aromatic heterocycles. The Labute approximate surface area is 106 Å². The van der Waals surface area contributed by atoms with Crippen molar-refractivity contribution in [3.63, 3.8) is 0 Å². The summed E-state index contributed by atoms with van der Waals surface area (Å²) in [5, 5.41) is 0. The monoisotopic (exact) mass is 241 g/mol. The molecular weight excluding hydrogens is 226 g/mol. The highest BCUT2D eigenvalue weighted by atomic mass is 16.5. The van der Waals surface area contributed by atoms with Crippen molar-refractivity contribution in [2.45, 2.75) is 19.8 Å². The minimum atomic E-state index is 0.0859. The number of ether oxygens (including phenoxy) is 1. The van der Waals surface area contributed by atoms with Crippen LogP contribution in [-0.4, -0.2) is 16.6 Å². The van der Waals surface area contributed by atoms with Crippen LogP contribution < -0.4 is 10.5 Å². The standard InChI is InChI=1S/C14H15N3O/c1-8-9(2)16-14(17-13(8)15)11-7-18-12-6-4-3-5-10(11)12/h3-6,11H,7H2,1-2H3,(H2,15,16,17). The number of nitrogens with two attached hydrogens (primary N) is 1. The number of hydrogen-bond donors (Lipinski definition) is 1. The molecule has 2 N–H and O–H groups in total. The van der Waals surface area contributed by atoms with Gasteiger partial charge in [0.2, 0.25) is 0 Å². The van der Waals surface area contributed by atoms with Crippen molar-refractivity contribution in [2.75, 3.05) is 12.3 Å². The van der Waals surface area contributed by atoms with E-state index in [1.54, 1.807) is 0 Å². The number of benzene rings is 1. The lowest BCUT2D eigenvalue weighted by molar-refractivity contribution is 0.339. The molecule has 4 heteroatoms. The highest BCUT2D eigenvalue weighted by Gasteiger charge is 2.28. The summed E-state index contributed by atoms with van der Waals surface area (Å²) >= 11 is 0. The van der Waals surface area contributed by atoms with Gasteiger partial charge >= 0.3 is 0 Å². The average Bonchev–Trinajstić information content (AvgIpc) is 2.79. The minimum absolute atomic E-state index is 0.0859. The summed E-state index contributed by atoms with van der Waals surface area (Å²) < 4.78 is 5.65. The van der Waals surface area contributed by atoms with Crippen LogP contribution in [-0.2, 0) is 0 Å². The number of nitrogen functional groups attached to an aromatic ring is 1. The van der Waals surface area contributed by atoms with E-state index in [2.05, 4.69) is 16.0 Å². The van der Waals surface area contributed by atoms with Crippen molar-refractivity contribution in [2.24, 2.45) is 0 Å². The van der Waals surface area contributed by atoms with Crippen LogP contribution in [0.4, 0.5) is 5.82 Å². The van der Waals surface area contributed by atoms with Gasteiger partial charge in [-0.15, -0.1) is 0 Å². The summed E-state index contributed by atoms with van der Waals surface area (Å²) in [6.45, 7) is 4.48. The molecule has 0 radical (unpaired) electrons. The second kappa shape index (κ2) is 3.98. The zero-order chi connectivity index (χ0) is 12.7. The topological polar surface area (TPSA) is 61.0 Å². The quantitative estimate of drug-likeness (QED) is 0.831. The van der Waals surface area contributed by atoms with Crippen LogP contribution in [0, 0.1) is 13.8 Å². The van der Waals surface area contributed by atoms with Crippen LogP contribution in [0.15, 0.2) is 24.3 Å². The normalized spacial score (nSPS) is 17.3. The van der Waals surface area contributed by atoms with Crippen molar-refractivity contribution in [3.05, 3.63) is 46.9 Å². The summed E-state index contributed by atoms with van der Waals surface area (Å²) in [5.41, 5.74) is 8.94. The SMILES string of the molecule is Cc1nc(C2COc3ccccc32)nc(N)c1C. The highest BCUT2D eigenvalue weighted by Crippen LogP contribution is 2.36. The van der Waals surface area contributed by atoms with E-state index in [4.69, 9.17) is 10.5 Å². The fourth-order valence-corrected chi connectivity index (χ4v) is 2.21. The van der Waals surface area contributed by atoms with Crippen molar-refractivity contribution in [3.8, 4) is 5.75 Å². The Morgan fingerprint density at radius 1 is 1.22 bits per heavy atom. The molecule has 1 aromatic carbocycles. The van der Waals surface area contributed by atoms with E-state index >= 15 is 0 Å². The van der Waals surface area contributed by atoms with E-state index in [-0.39, 0.29) is 5.92 Å². The number of fused-ring (bicyclic) bond motifs is 1. The van der Waals surface area contributed by atoms with Gasteiger partial charge in [0.25, 0.3) is 0 Å². The van der Waals surface area contributed by atoms with Gasteiger partial charge in [-0.2, -0.15) is 0 Å². The van der Waals surface area contributed by atoms with Crippen LogP contribution in [0.25, 0.3) is 0 Å². The predicted octanol–water partition coefficient (Wildman–Crippen LogP) is 2.20. The summed E-state index contributed by atoms with van der Waals surface area (Å²) in [7, 11) is 0. The molecule has 1 aliphatic rings. The first-order chi connectivity index (χ1) is 8.66. The third-order valence-corrected chi connectivity index (χ3v) is 3.46. The first kappa shape index (κ1) is 11.0. The molecule has 0 bridgehead atoms. The third kappa shape index (κ3) is 1.61. The van der Waals surface area contributed by atoms with E-state index in [1.807, 2.05) is 32.0 Å². The molecular formula is C14H15N3O. The maximum Gasteiger partial charge on any atom is 0.142 e. The molecule has 92 valence electrons. The van der Waals surface area contributed by atoms with Gasteiger partial charge in [0, 0.05) is 16.8 Å². The molecule has 1 atom stereocenters. The van der Waals surface area contributed by atoms with Gasteiger partial charge in [-0.3, -0.25) is 0 Å². The molecule has 0 saturated heterocycles. The van der Waals surface area contributed by atoms with Crippen LogP contribution in [0.2, 0.25) is 0 Å². The molecule has 0 spiro atoms. The van der Waals surface area contributed by atoms with Gasteiger partial charge < -0.3 is 10.5 Å². The first-order valence-corrected chi connectivity index (χ1v) is 5.99. The van der Waals surface area contributed by atoms with E-state index in [0.717, 1.165) is 28.4 Å². The maximum absolute atomic E-state index is 5.92. The van der Waals surface area contributed by atoms with Gasteiger partial charge in [0.05, 0.1) is 5.92 Å². The largest absolute Gasteiger partial charge is 0.492 e. The van der Waals surface area contributed by atoms with Gasteiger partial charge in [-0.1, -0.05) is 18.2 Å². The molecule has 1 unspecified atom stereocenters. The number of aromatic nitrogens is 2. The Bertz CT molecular complexity index is 587.